The van der Waals surface area contributed by atoms with Crippen LogP contribution in [0.1, 0.15) is 30.4 Å². The van der Waals surface area contributed by atoms with Gasteiger partial charge in [0.15, 0.2) is 0 Å². The van der Waals surface area contributed by atoms with E-state index < -0.39 is 0 Å². The lowest BCUT2D eigenvalue weighted by Gasteiger charge is -2.47. The first kappa shape index (κ1) is 16.9. The van der Waals surface area contributed by atoms with E-state index >= 15 is 0 Å². The van der Waals surface area contributed by atoms with E-state index in [1.54, 1.807) is 7.11 Å². The second-order valence-electron chi connectivity index (χ2n) is 7.26. The van der Waals surface area contributed by atoms with E-state index in [0.29, 0.717) is 12.6 Å². The van der Waals surface area contributed by atoms with Gasteiger partial charge in [-0.05, 0) is 25.0 Å². The lowest BCUT2D eigenvalue weighted by molar-refractivity contribution is 0.0142. The van der Waals surface area contributed by atoms with Crippen LogP contribution in [0.15, 0.2) is 16.5 Å². The van der Waals surface area contributed by atoms with E-state index in [4.69, 9.17) is 9.15 Å². The zero-order valence-electron chi connectivity index (χ0n) is 14.9. The molecule has 0 saturated carbocycles. The highest BCUT2D eigenvalue weighted by atomic mass is 16.5. The molecule has 5 heterocycles. The molecule has 7 nitrogen and oxygen atoms in total. The van der Waals surface area contributed by atoms with Crippen LogP contribution in [0.5, 0.6) is 0 Å². The summed E-state index contributed by atoms with van der Waals surface area (Å²) in [6, 6.07) is 4.43. The maximum absolute atomic E-state index is 12.7. The molecule has 0 aromatic carbocycles. The highest BCUT2D eigenvalue weighted by Crippen LogP contribution is 2.33. The van der Waals surface area contributed by atoms with Gasteiger partial charge >= 0.3 is 6.03 Å². The summed E-state index contributed by atoms with van der Waals surface area (Å²) in [6.45, 7) is 7.64. The number of piperazine rings is 3. The van der Waals surface area contributed by atoms with Crippen LogP contribution >= 0.6 is 0 Å². The minimum absolute atomic E-state index is 0.0323. The number of furan rings is 1. The Morgan fingerprint density at radius 2 is 2.12 bits per heavy atom. The van der Waals surface area contributed by atoms with Crippen LogP contribution < -0.4 is 5.32 Å². The van der Waals surface area contributed by atoms with Crippen molar-refractivity contribution in [1.82, 2.24) is 20.0 Å². The molecule has 25 heavy (non-hydrogen) atoms. The Morgan fingerprint density at radius 3 is 2.84 bits per heavy atom. The van der Waals surface area contributed by atoms with Crippen molar-refractivity contribution < 1.29 is 13.9 Å². The van der Waals surface area contributed by atoms with Gasteiger partial charge in [0.05, 0.1) is 6.04 Å². The topological polar surface area (TPSA) is 61.2 Å². The van der Waals surface area contributed by atoms with Crippen molar-refractivity contribution in [3.8, 4) is 0 Å². The van der Waals surface area contributed by atoms with Crippen LogP contribution in [0.4, 0.5) is 4.79 Å². The lowest BCUT2D eigenvalue weighted by Crippen LogP contribution is -2.63. The molecule has 2 atom stereocenters. The van der Waals surface area contributed by atoms with Crippen LogP contribution in [-0.4, -0.2) is 79.7 Å². The molecule has 0 radical (unpaired) electrons. The maximum atomic E-state index is 12.7. The Morgan fingerprint density at radius 1 is 1.28 bits per heavy atom. The first-order valence-electron chi connectivity index (χ1n) is 9.33. The monoisotopic (exact) mass is 348 g/mol. The Balaban J connectivity index is 1.34. The average molecular weight is 348 g/mol. The molecule has 4 saturated heterocycles. The number of fused-ring (bicyclic) bond motifs is 3. The molecule has 1 aromatic rings. The number of rotatable bonds is 5. The van der Waals surface area contributed by atoms with E-state index in [0.717, 1.165) is 57.1 Å². The van der Waals surface area contributed by atoms with E-state index in [2.05, 4.69) is 15.1 Å². The summed E-state index contributed by atoms with van der Waals surface area (Å²) in [7, 11) is 1.65. The molecule has 5 rings (SSSR count). The van der Waals surface area contributed by atoms with Gasteiger partial charge in [-0.1, -0.05) is 0 Å². The van der Waals surface area contributed by atoms with E-state index in [1.807, 2.05) is 17.0 Å². The summed E-state index contributed by atoms with van der Waals surface area (Å²) in [5.74, 6) is 1.68. The minimum Gasteiger partial charge on any atom is -0.461 e. The third kappa shape index (κ3) is 3.54. The molecule has 1 N–H and O–H groups in total. The quantitative estimate of drug-likeness (QED) is 0.868. The van der Waals surface area contributed by atoms with Crippen LogP contribution in [-0.2, 0) is 11.3 Å². The van der Waals surface area contributed by atoms with Gasteiger partial charge in [-0.25, -0.2) is 4.79 Å². The third-order valence-electron chi connectivity index (χ3n) is 5.69. The van der Waals surface area contributed by atoms with Crippen LogP contribution in [0.25, 0.3) is 0 Å². The number of hydrogen-bond donors (Lipinski definition) is 1. The van der Waals surface area contributed by atoms with Crippen LogP contribution in [0.3, 0.4) is 0 Å². The summed E-state index contributed by atoms with van der Waals surface area (Å²) in [4.78, 5) is 19.7. The molecule has 4 aliphatic heterocycles. The fourth-order valence-corrected chi connectivity index (χ4v) is 4.32. The van der Waals surface area contributed by atoms with Crippen molar-refractivity contribution in [3.63, 3.8) is 0 Å². The number of nitrogens with zero attached hydrogens (tertiary/aromatic N) is 3. The Hall–Kier alpha value is -1.57. The molecule has 0 spiro atoms. The Labute approximate surface area is 148 Å². The molecule has 138 valence electrons. The second kappa shape index (κ2) is 7.35. The molecule has 7 heteroatoms. The molecule has 2 bridgehead atoms. The van der Waals surface area contributed by atoms with Crippen molar-refractivity contribution in [3.05, 3.63) is 23.7 Å². The van der Waals surface area contributed by atoms with Gasteiger partial charge < -0.3 is 19.4 Å². The molecule has 1 aromatic heterocycles. The van der Waals surface area contributed by atoms with E-state index in [9.17, 15) is 4.79 Å². The van der Waals surface area contributed by atoms with Crippen molar-refractivity contribution in [2.75, 3.05) is 52.9 Å². The summed E-state index contributed by atoms with van der Waals surface area (Å²) in [6.07, 6.45) is 1.97. The molecular weight excluding hydrogens is 320 g/mol. The number of carbonyl (C=O) groups excluding carboxylic acids is 1. The van der Waals surface area contributed by atoms with Gasteiger partial charge in [-0.15, -0.1) is 0 Å². The molecule has 0 unspecified atom stereocenters. The smallest absolute Gasteiger partial charge is 0.318 e. The zero-order chi connectivity index (χ0) is 17.2. The first-order chi connectivity index (χ1) is 12.2. The molecule has 0 aliphatic carbocycles. The Kier molecular flexibility index (Phi) is 4.96. The summed E-state index contributed by atoms with van der Waals surface area (Å²) in [5, 5.41) is 3.16. The van der Waals surface area contributed by atoms with Crippen molar-refractivity contribution in [2.45, 2.75) is 31.5 Å². The van der Waals surface area contributed by atoms with E-state index in [1.165, 1.54) is 13.1 Å². The molecule has 2 amide bonds. The van der Waals surface area contributed by atoms with Gasteiger partial charge in [0.1, 0.15) is 18.1 Å². The number of likely N-dealkylation sites (tertiary alicyclic amines) is 1. The number of carbonyl (C=O) groups is 1. The highest BCUT2D eigenvalue weighted by molar-refractivity contribution is 5.75. The predicted molar refractivity (Wildman–Crippen MR) is 93.3 cm³/mol. The summed E-state index contributed by atoms with van der Waals surface area (Å²) >= 11 is 0. The normalized spacial score (nSPS) is 31.5. The first-order valence-corrected chi connectivity index (χ1v) is 9.33. The van der Waals surface area contributed by atoms with Crippen LogP contribution in [0, 0.1) is 0 Å². The number of amides is 2. The largest absolute Gasteiger partial charge is 0.461 e. The standard InChI is InChI=1S/C18H28N4O3/c1-24-13-15-4-5-17(25-15)16-3-2-6-22(16)18(23)19-11-14-12-20-7-9-21(14)10-8-20/h4-5,14,16H,2-3,6-13H2,1H3,(H,19,23)/t14-,16+/m1/s1. The van der Waals surface area contributed by atoms with Gasteiger partial charge in [0.2, 0.25) is 0 Å². The van der Waals surface area contributed by atoms with Crippen LogP contribution in [0.2, 0.25) is 0 Å². The lowest BCUT2D eigenvalue weighted by atomic mass is 10.1. The van der Waals surface area contributed by atoms with Crippen molar-refractivity contribution >= 4 is 6.03 Å². The van der Waals surface area contributed by atoms with Gasteiger partial charge in [-0.2, -0.15) is 0 Å². The minimum atomic E-state index is 0.0323. The molecule has 4 fully saturated rings. The summed E-state index contributed by atoms with van der Waals surface area (Å²) in [5.41, 5.74) is 0. The number of hydrogen-bond acceptors (Lipinski definition) is 5. The SMILES string of the molecule is COCc1ccc([C@@H]2CCCN2C(=O)NC[C@@H]2CN3CCN2CC3)o1. The fraction of sp³-hybridized carbons (Fsp3) is 0.722. The zero-order valence-corrected chi connectivity index (χ0v) is 14.9. The van der Waals surface area contributed by atoms with Crippen molar-refractivity contribution in [2.24, 2.45) is 0 Å². The highest BCUT2D eigenvalue weighted by Gasteiger charge is 2.35. The molecular formula is C18H28N4O3. The van der Waals surface area contributed by atoms with Gasteiger partial charge in [-0.3, -0.25) is 9.80 Å². The number of methoxy groups -OCH3 is 1. The number of ether oxygens (including phenoxy) is 1. The second-order valence-corrected chi connectivity index (χ2v) is 7.26. The molecule has 4 aliphatic rings. The third-order valence-corrected chi connectivity index (χ3v) is 5.69. The van der Waals surface area contributed by atoms with Gasteiger partial charge in [0, 0.05) is 59.0 Å². The number of nitrogens with one attached hydrogen (secondary N) is 1. The van der Waals surface area contributed by atoms with Gasteiger partial charge in [0.25, 0.3) is 0 Å². The Bertz CT molecular complexity index is 597. The fourth-order valence-electron chi connectivity index (χ4n) is 4.32. The summed E-state index contributed by atoms with van der Waals surface area (Å²) < 4.78 is 11.0. The van der Waals surface area contributed by atoms with E-state index in [-0.39, 0.29) is 12.1 Å². The predicted octanol–water partition coefficient (Wildman–Crippen LogP) is 1.27. The maximum Gasteiger partial charge on any atom is 0.318 e. The number of urea groups is 1. The average Bonchev–Trinajstić information content (AvgIpc) is 3.30. The van der Waals surface area contributed by atoms with Crippen molar-refractivity contribution in [1.29, 1.82) is 0 Å².